The third kappa shape index (κ3) is 4.94. The first-order valence-corrected chi connectivity index (χ1v) is 10.6. The number of methoxy groups -OCH3 is 2. The minimum Gasteiger partial charge on any atom is -0.497 e. The van der Waals surface area contributed by atoms with Crippen molar-refractivity contribution in [3.8, 4) is 17.2 Å². The van der Waals surface area contributed by atoms with Gasteiger partial charge in [0.15, 0.2) is 11.5 Å². The molecule has 2 aromatic carbocycles. The van der Waals surface area contributed by atoms with Crippen molar-refractivity contribution in [1.82, 2.24) is 5.32 Å². The molecule has 0 unspecified atom stereocenters. The monoisotopic (exact) mass is 393 g/mol. The highest BCUT2D eigenvalue weighted by atomic mass is 16.5. The second-order valence-corrected chi connectivity index (χ2v) is 8.05. The topological polar surface area (TPSA) is 39.7 Å². The Labute approximate surface area is 173 Å². The predicted molar refractivity (Wildman–Crippen MR) is 117 cm³/mol. The smallest absolute Gasteiger partial charge is 0.161 e. The summed E-state index contributed by atoms with van der Waals surface area (Å²) < 4.78 is 17.2. The van der Waals surface area contributed by atoms with Gasteiger partial charge in [-0.25, -0.2) is 0 Å². The zero-order valence-electron chi connectivity index (χ0n) is 17.4. The van der Waals surface area contributed by atoms with Crippen LogP contribution in [-0.4, -0.2) is 33.4 Å². The van der Waals surface area contributed by atoms with E-state index < -0.39 is 0 Å². The van der Waals surface area contributed by atoms with Crippen LogP contribution in [0.3, 0.4) is 0 Å². The second-order valence-electron chi connectivity index (χ2n) is 8.05. The van der Waals surface area contributed by atoms with Crippen molar-refractivity contribution in [3.63, 3.8) is 0 Å². The normalized spacial score (nSPS) is 21.3. The Balaban J connectivity index is 1.52. The Morgan fingerprint density at radius 2 is 1.83 bits per heavy atom. The van der Waals surface area contributed by atoms with Crippen molar-refractivity contribution in [2.24, 2.45) is 0 Å². The Bertz CT molecular complexity index is 855. The molecule has 154 valence electrons. The van der Waals surface area contributed by atoms with Crippen LogP contribution >= 0.6 is 0 Å². The van der Waals surface area contributed by atoms with Gasteiger partial charge in [-0.3, -0.25) is 0 Å². The van der Waals surface area contributed by atoms with Gasteiger partial charge in [0.2, 0.25) is 0 Å². The molecule has 29 heavy (non-hydrogen) atoms. The molecule has 1 aliphatic heterocycles. The van der Waals surface area contributed by atoms with Gasteiger partial charge in [0.05, 0.1) is 20.3 Å². The highest BCUT2D eigenvalue weighted by molar-refractivity contribution is 5.56. The van der Waals surface area contributed by atoms with E-state index in [1.54, 1.807) is 14.2 Å². The molecule has 1 heterocycles. The van der Waals surface area contributed by atoms with E-state index in [9.17, 15) is 0 Å². The van der Waals surface area contributed by atoms with Crippen LogP contribution in [0.5, 0.6) is 17.2 Å². The molecule has 1 atom stereocenters. The molecule has 2 aliphatic rings. The molecular formula is C25H31NO3. The van der Waals surface area contributed by atoms with E-state index in [0.717, 1.165) is 49.6 Å². The quantitative estimate of drug-likeness (QED) is 0.733. The summed E-state index contributed by atoms with van der Waals surface area (Å²) in [6.45, 7) is 1.90. The fourth-order valence-electron chi connectivity index (χ4n) is 4.41. The Morgan fingerprint density at radius 3 is 2.62 bits per heavy atom. The minimum atomic E-state index is 0.326. The molecule has 0 amide bonds. The number of piperidine rings is 1. The van der Waals surface area contributed by atoms with Crippen molar-refractivity contribution >= 4 is 6.08 Å². The third-order valence-corrected chi connectivity index (χ3v) is 5.97. The summed E-state index contributed by atoms with van der Waals surface area (Å²) in [5.41, 5.74) is 3.90. The van der Waals surface area contributed by atoms with E-state index in [4.69, 9.17) is 14.2 Å². The maximum absolute atomic E-state index is 6.30. The average Bonchev–Trinajstić information content (AvgIpc) is 3.27. The summed E-state index contributed by atoms with van der Waals surface area (Å²) in [7, 11) is 3.42. The lowest BCUT2D eigenvalue weighted by atomic mass is 9.88. The summed E-state index contributed by atoms with van der Waals surface area (Å²) in [6, 6.07) is 14.7. The number of rotatable bonds is 6. The minimum absolute atomic E-state index is 0.326. The Hall–Kier alpha value is -2.46. The van der Waals surface area contributed by atoms with Gasteiger partial charge in [0, 0.05) is 19.0 Å². The van der Waals surface area contributed by atoms with Crippen molar-refractivity contribution in [3.05, 3.63) is 59.2 Å². The SMILES string of the molecule is COc1cccc(C=C2CNC[C@H](c3ccc(OC)c(OC4CCCC4)c3)C2)c1. The highest BCUT2D eigenvalue weighted by Gasteiger charge is 2.22. The Kier molecular flexibility index (Phi) is 6.40. The molecule has 0 spiro atoms. The van der Waals surface area contributed by atoms with Crippen LogP contribution < -0.4 is 19.5 Å². The van der Waals surface area contributed by atoms with E-state index in [1.165, 1.54) is 29.5 Å². The molecule has 1 aliphatic carbocycles. The summed E-state index contributed by atoms with van der Waals surface area (Å²) in [5.74, 6) is 3.04. The average molecular weight is 394 g/mol. The fourth-order valence-corrected chi connectivity index (χ4v) is 4.41. The van der Waals surface area contributed by atoms with E-state index in [-0.39, 0.29) is 0 Å². The van der Waals surface area contributed by atoms with Gasteiger partial charge in [0.25, 0.3) is 0 Å². The van der Waals surface area contributed by atoms with Gasteiger partial charge < -0.3 is 19.5 Å². The van der Waals surface area contributed by atoms with Crippen LogP contribution in [-0.2, 0) is 0 Å². The standard InChI is InChI=1S/C25H31NO3/c1-27-23-9-5-6-18(14-23)12-19-13-21(17-26-16-19)20-10-11-24(28-2)25(15-20)29-22-7-3-4-8-22/h5-6,9-12,14-15,21-22,26H,3-4,7-8,13,16-17H2,1-2H3/t21-/m1/s1. The van der Waals surface area contributed by atoms with Gasteiger partial charge in [-0.05, 0) is 67.5 Å². The van der Waals surface area contributed by atoms with Crippen molar-refractivity contribution in [1.29, 1.82) is 0 Å². The van der Waals surface area contributed by atoms with Crippen molar-refractivity contribution in [2.75, 3.05) is 27.3 Å². The van der Waals surface area contributed by atoms with E-state index in [2.05, 4.69) is 41.7 Å². The lowest BCUT2D eigenvalue weighted by molar-refractivity contribution is 0.200. The van der Waals surface area contributed by atoms with Crippen molar-refractivity contribution in [2.45, 2.75) is 44.1 Å². The van der Waals surface area contributed by atoms with Gasteiger partial charge in [-0.15, -0.1) is 0 Å². The number of benzene rings is 2. The molecular weight excluding hydrogens is 362 g/mol. The molecule has 4 rings (SSSR count). The molecule has 1 N–H and O–H groups in total. The molecule has 4 heteroatoms. The fraction of sp³-hybridized carbons (Fsp3) is 0.440. The van der Waals surface area contributed by atoms with Crippen LogP contribution in [0.4, 0.5) is 0 Å². The molecule has 2 fully saturated rings. The number of hydrogen-bond acceptors (Lipinski definition) is 4. The highest BCUT2D eigenvalue weighted by Crippen LogP contribution is 2.36. The molecule has 0 aromatic heterocycles. The predicted octanol–water partition coefficient (Wildman–Crippen LogP) is 5.19. The van der Waals surface area contributed by atoms with Crippen LogP contribution in [0.1, 0.15) is 49.1 Å². The molecule has 2 aromatic rings. The lowest BCUT2D eigenvalue weighted by Crippen LogP contribution is -2.30. The van der Waals surface area contributed by atoms with Crippen LogP contribution in [0, 0.1) is 0 Å². The molecule has 1 saturated heterocycles. The summed E-state index contributed by atoms with van der Waals surface area (Å²) in [5, 5.41) is 3.58. The van der Waals surface area contributed by atoms with Gasteiger partial charge in [0.1, 0.15) is 5.75 Å². The van der Waals surface area contributed by atoms with E-state index in [1.807, 2.05) is 12.1 Å². The zero-order chi connectivity index (χ0) is 20.1. The van der Waals surface area contributed by atoms with Gasteiger partial charge in [-0.2, -0.15) is 0 Å². The van der Waals surface area contributed by atoms with Crippen LogP contribution in [0.2, 0.25) is 0 Å². The second kappa shape index (κ2) is 9.36. The summed E-state index contributed by atoms with van der Waals surface area (Å²) in [6.07, 6.45) is 8.46. The maximum Gasteiger partial charge on any atom is 0.161 e. The number of hydrogen-bond donors (Lipinski definition) is 1. The van der Waals surface area contributed by atoms with Crippen LogP contribution in [0.25, 0.3) is 6.08 Å². The van der Waals surface area contributed by atoms with Gasteiger partial charge in [-0.1, -0.05) is 29.8 Å². The molecule has 4 nitrogen and oxygen atoms in total. The van der Waals surface area contributed by atoms with Crippen molar-refractivity contribution < 1.29 is 14.2 Å². The summed E-state index contributed by atoms with van der Waals surface area (Å²) >= 11 is 0. The third-order valence-electron chi connectivity index (χ3n) is 5.97. The number of nitrogens with one attached hydrogen (secondary N) is 1. The lowest BCUT2D eigenvalue weighted by Gasteiger charge is -2.27. The van der Waals surface area contributed by atoms with Gasteiger partial charge >= 0.3 is 0 Å². The first kappa shape index (κ1) is 19.8. The molecule has 0 bridgehead atoms. The zero-order valence-corrected chi connectivity index (χ0v) is 17.4. The first-order valence-electron chi connectivity index (χ1n) is 10.6. The summed E-state index contributed by atoms with van der Waals surface area (Å²) in [4.78, 5) is 0. The first-order chi connectivity index (χ1) is 14.2. The largest absolute Gasteiger partial charge is 0.497 e. The van der Waals surface area contributed by atoms with E-state index >= 15 is 0 Å². The Morgan fingerprint density at radius 1 is 0.966 bits per heavy atom. The maximum atomic E-state index is 6.30. The molecule has 0 radical (unpaired) electrons. The molecule has 1 saturated carbocycles. The van der Waals surface area contributed by atoms with E-state index in [0.29, 0.717) is 12.0 Å². The number of ether oxygens (including phenoxy) is 3. The van der Waals surface area contributed by atoms with Crippen LogP contribution in [0.15, 0.2) is 48.0 Å².